The summed E-state index contributed by atoms with van der Waals surface area (Å²) >= 11 is 0. The smallest absolute Gasteiger partial charge is 0.246 e. The Morgan fingerprint density at radius 2 is 1.74 bits per heavy atom. The van der Waals surface area contributed by atoms with Gasteiger partial charge in [-0.25, -0.2) is 0 Å². The van der Waals surface area contributed by atoms with Crippen LogP contribution in [0.2, 0.25) is 0 Å². The Kier molecular flexibility index (Phi) is 5.66. The van der Waals surface area contributed by atoms with Gasteiger partial charge in [0.25, 0.3) is 0 Å². The number of nitrogens with zero attached hydrogens (tertiary/aromatic N) is 2. The normalized spacial score (nSPS) is 10.3. The van der Waals surface area contributed by atoms with Gasteiger partial charge in [-0.3, -0.25) is 4.79 Å². The number of amides is 1. The summed E-state index contributed by atoms with van der Waals surface area (Å²) in [6, 6.07) is 19.0. The topological polar surface area (TPSA) is 51.7 Å². The highest BCUT2D eigenvalue weighted by Crippen LogP contribution is 2.33. The fraction of sp³-hybridized carbons (Fsp3) is 0.143. The molecule has 0 radical (unpaired) electrons. The van der Waals surface area contributed by atoms with E-state index >= 15 is 0 Å². The van der Waals surface area contributed by atoms with Crippen molar-refractivity contribution in [3.63, 3.8) is 0 Å². The molecule has 0 fully saturated rings. The number of hydrogen-bond donors (Lipinski definition) is 0. The first kappa shape index (κ1) is 18.4. The minimum absolute atomic E-state index is 0.0197. The molecule has 1 amide bonds. The van der Waals surface area contributed by atoms with E-state index in [2.05, 4.69) is 4.98 Å². The standard InChI is InChI=1S/C21H19FN2O3/c1-15(25)24(14-16-8-6-7-11-19(16)26-2)18-12-13-20(22)23-21(18)27-17-9-4-3-5-10-17/h3-13H,14H2,1-2H3. The molecule has 5 nitrogen and oxygen atoms in total. The summed E-state index contributed by atoms with van der Waals surface area (Å²) < 4.78 is 24.8. The van der Waals surface area contributed by atoms with Crippen molar-refractivity contribution in [1.82, 2.24) is 4.98 Å². The molecule has 0 atom stereocenters. The molecule has 3 aromatic rings. The molecule has 1 aromatic heterocycles. The van der Waals surface area contributed by atoms with E-state index in [0.717, 1.165) is 5.56 Å². The van der Waals surface area contributed by atoms with Gasteiger partial charge in [0.1, 0.15) is 17.2 Å². The van der Waals surface area contributed by atoms with Crippen molar-refractivity contribution in [2.45, 2.75) is 13.5 Å². The van der Waals surface area contributed by atoms with Gasteiger partial charge in [0.2, 0.25) is 17.7 Å². The molecule has 6 heteroatoms. The van der Waals surface area contributed by atoms with Gasteiger partial charge >= 0.3 is 0 Å². The van der Waals surface area contributed by atoms with Crippen molar-refractivity contribution in [3.05, 3.63) is 78.2 Å². The first-order valence-electron chi connectivity index (χ1n) is 8.38. The lowest BCUT2D eigenvalue weighted by molar-refractivity contribution is -0.116. The molecule has 138 valence electrons. The molecule has 0 bridgehead atoms. The quantitative estimate of drug-likeness (QED) is 0.600. The number of pyridine rings is 1. The van der Waals surface area contributed by atoms with Crippen molar-refractivity contribution in [1.29, 1.82) is 0 Å². The van der Waals surface area contributed by atoms with Crippen LogP contribution in [-0.4, -0.2) is 18.0 Å². The van der Waals surface area contributed by atoms with Crippen molar-refractivity contribution < 1.29 is 18.7 Å². The lowest BCUT2D eigenvalue weighted by Crippen LogP contribution is -2.28. The number of anilines is 1. The number of rotatable bonds is 6. The zero-order valence-corrected chi connectivity index (χ0v) is 15.1. The predicted octanol–water partition coefficient (Wildman–Crippen LogP) is 4.57. The number of carbonyl (C=O) groups is 1. The first-order valence-corrected chi connectivity index (χ1v) is 8.38. The van der Waals surface area contributed by atoms with Crippen LogP contribution in [0.1, 0.15) is 12.5 Å². The molecule has 1 heterocycles. The fourth-order valence-electron chi connectivity index (χ4n) is 2.66. The number of para-hydroxylation sites is 2. The maximum absolute atomic E-state index is 13.7. The van der Waals surface area contributed by atoms with Crippen LogP contribution < -0.4 is 14.4 Å². The number of hydrogen-bond acceptors (Lipinski definition) is 4. The van der Waals surface area contributed by atoms with E-state index in [1.54, 1.807) is 31.4 Å². The molecule has 0 aliphatic rings. The van der Waals surface area contributed by atoms with E-state index in [1.807, 2.05) is 30.3 Å². The summed E-state index contributed by atoms with van der Waals surface area (Å²) in [5, 5.41) is 0. The largest absolute Gasteiger partial charge is 0.496 e. The van der Waals surface area contributed by atoms with Crippen LogP contribution in [-0.2, 0) is 11.3 Å². The van der Waals surface area contributed by atoms with E-state index in [9.17, 15) is 9.18 Å². The minimum Gasteiger partial charge on any atom is -0.496 e. The first-order chi connectivity index (χ1) is 13.1. The number of carbonyl (C=O) groups excluding carboxylic acids is 1. The van der Waals surface area contributed by atoms with Gasteiger partial charge in [0.15, 0.2) is 0 Å². The summed E-state index contributed by atoms with van der Waals surface area (Å²) in [6.07, 6.45) is 0. The molecule has 0 aliphatic heterocycles. The fourth-order valence-corrected chi connectivity index (χ4v) is 2.66. The molecule has 0 spiro atoms. The third kappa shape index (κ3) is 4.41. The molecule has 0 saturated heterocycles. The SMILES string of the molecule is COc1ccccc1CN(C(C)=O)c1ccc(F)nc1Oc1ccccc1. The van der Waals surface area contributed by atoms with Gasteiger partial charge in [-0.2, -0.15) is 9.37 Å². The molecule has 0 unspecified atom stereocenters. The number of methoxy groups -OCH3 is 1. The summed E-state index contributed by atoms with van der Waals surface area (Å²) in [6.45, 7) is 1.67. The molecule has 0 aliphatic carbocycles. The highest BCUT2D eigenvalue weighted by atomic mass is 19.1. The van der Waals surface area contributed by atoms with E-state index < -0.39 is 5.95 Å². The highest BCUT2D eigenvalue weighted by Gasteiger charge is 2.20. The monoisotopic (exact) mass is 366 g/mol. The second-order valence-corrected chi connectivity index (χ2v) is 5.79. The average molecular weight is 366 g/mol. The summed E-state index contributed by atoms with van der Waals surface area (Å²) in [4.78, 5) is 17.7. The van der Waals surface area contributed by atoms with Gasteiger partial charge < -0.3 is 14.4 Å². The van der Waals surface area contributed by atoms with Gasteiger partial charge in [0.05, 0.1) is 13.7 Å². The van der Waals surface area contributed by atoms with Crippen LogP contribution in [0.4, 0.5) is 10.1 Å². The van der Waals surface area contributed by atoms with Crippen LogP contribution in [0.15, 0.2) is 66.7 Å². The molecule has 0 N–H and O–H groups in total. The Labute approximate surface area is 157 Å². The third-order valence-corrected chi connectivity index (χ3v) is 3.96. The Balaban J connectivity index is 1.99. The number of halogens is 1. The molecule has 27 heavy (non-hydrogen) atoms. The third-order valence-electron chi connectivity index (χ3n) is 3.96. The second kappa shape index (κ2) is 8.31. The van der Waals surface area contributed by atoms with Crippen molar-refractivity contribution in [2.75, 3.05) is 12.0 Å². The second-order valence-electron chi connectivity index (χ2n) is 5.79. The highest BCUT2D eigenvalue weighted by molar-refractivity contribution is 5.92. The van der Waals surface area contributed by atoms with Gasteiger partial charge in [-0.1, -0.05) is 36.4 Å². The summed E-state index contributed by atoms with van der Waals surface area (Å²) in [7, 11) is 1.57. The Morgan fingerprint density at radius 3 is 2.44 bits per heavy atom. The lowest BCUT2D eigenvalue weighted by Gasteiger charge is -2.24. The van der Waals surface area contributed by atoms with E-state index in [0.29, 0.717) is 17.2 Å². The number of benzene rings is 2. The van der Waals surface area contributed by atoms with Crippen molar-refractivity contribution in [3.8, 4) is 17.4 Å². The van der Waals surface area contributed by atoms with E-state index in [4.69, 9.17) is 9.47 Å². The average Bonchev–Trinajstić information content (AvgIpc) is 2.67. The zero-order valence-electron chi connectivity index (χ0n) is 15.1. The van der Waals surface area contributed by atoms with Gasteiger partial charge in [0, 0.05) is 12.5 Å². The van der Waals surface area contributed by atoms with E-state index in [1.165, 1.54) is 24.0 Å². The number of ether oxygens (including phenoxy) is 2. The van der Waals surface area contributed by atoms with E-state index in [-0.39, 0.29) is 18.3 Å². The van der Waals surface area contributed by atoms with Gasteiger partial charge in [-0.15, -0.1) is 0 Å². The molecule has 3 rings (SSSR count). The maximum atomic E-state index is 13.7. The Hall–Kier alpha value is -3.41. The zero-order chi connectivity index (χ0) is 19.2. The molecular weight excluding hydrogens is 347 g/mol. The molecular formula is C21H19FN2O3. The lowest BCUT2D eigenvalue weighted by atomic mass is 10.1. The number of aromatic nitrogens is 1. The minimum atomic E-state index is -0.689. The van der Waals surface area contributed by atoms with Crippen molar-refractivity contribution in [2.24, 2.45) is 0 Å². The predicted molar refractivity (Wildman–Crippen MR) is 101 cm³/mol. The van der Waals surface area contributed by atoms with Crippen LogP contribution in [0, 0.1) is 5.95 Å². The van der Waals surface area contributed by atoms with Crippen LogP contribution in [0.25, 0.3) is 0 Å². The summed E-state index contributed by atoms with van der Waals surface area (Å²) in [5.41, 5.74) is 1.18. The van der Waals surface area contributed by atoms with Crippen LogP contribution in [0.5, 0.6) is 17.4 Å². The van der Waals surface area contributed by atoms with Crippen LogP contribution in [0.3, 0.4) is 0 Å². The van der Waals surface area contributed by atoms with Crippen LogP contribution >= 0.6 is 0 Å². The van der Waals surface area contributed by atoms with Gasteiger partial charge in [-0.05, 0) is 30.3 Å². The molecule has 2 aromatic carbocycles. The summed E-state index contributed by atoms with van der Waals surface area (Å²) in [5.74, 6) is 0.256. The maximum Gasteiger partial charge on any atom is 0.246 e. The Morgan fingerprint density at radius 1 is 1.04 bits per heavy atom. The van der Waals surface area contributed by atoms with Crippen molar-refractivity contribution >= 4 is 11.6 Å². The Bertz CT molecular complexity index is 932. The molecule has 0 saturated carbocycles.